The number of anilines is 1. The van der Waals surface area contributed by atoms with E-state index in [4.69, 9.17) is 14.0 Å². The van der Waals surface area contributed by atoms with Crippen LogP contribution >= 0.6 is 0 Å². The van der Waals surface area contributed by atoms with Crippen LogP contribution in [-0.4, -0.2) is 36.8 Å². The third-order valence-electron chi connectivity index (χ3n) is 3.33. The lowest BCUT2D eigenvalue weighted by Crippen LogP contribution is -2.17. The highest BCUT2D eigenvalue weighted by Crippen LogP contribution is 2.26. The van der Waals surface area contributed by atoms with E-state index < -0.39 is 10.0 Å². The Kier molecular flexibility index (Phi) is 5.21. The molecule has 0 saturated heterocycles. The van der Waals surface area contributed by atoms with Gasteiger partial charge in [-0.1, -0.05) is 17.3 Å². The number of nitrogens with one attached hydrogen (secondary N) is 1. The minimum absolute atomic E-state index is 0.0968. The van der Waals surface area contributed by atoms with Gasteiger partial charge in [0.25, 0.3) is 0 Å². The van der Waals surface area contributed by atoms with Gasteiger partial charge in [-0.05, 0) is 26.0 Å². The van der Waals surface area contributed by atoms with Crippen LogP contribution in [0.1, 0.15) is 19.5 Å². The van der Waals surface area contributed by atoms with Crippen LogP contribution in [0.2, 0.25) is 0 Å². The molecule has 0 aliphatic carbocycles. The van der Waals surface area contributed by atoms with E-state index in [1.54, 1.807) is 38.1 Å². The molecular formula is C16H18N4O5S. The van der Waals surface area contributed by atoms with E-state index in [1.807, 2.05) is 0 Å². The molecule has 0 saturated carbocycles. The summed E-state index contributed by atoms with van der Waals surface area (Å²) in [6.45, 7) is 4.26. The number of nitrogens with zero attached hydrogens (tertiary/aromatic N) is 3. The summed E-state index contributed by atoms with van der Waals surface area (Å²) in [7, 11) is -3.79. The van der Waals surface area contributed by atoms with Gasteiger partial charge in [-0.15, -0.1) is 0 Å². The minimum Gasteiger partial charge on any atom is -0.476 e. The first-order chi connectivity index (χ1) is 12.5. The predicted octanol–water partition coefficient (Wildman–Crippen LogP) is 2.36. The maximum Gasteiger partial charge on any atom is 0.319 e. The highest BCUT2D eigenvalue weighted by molar-refractivity contribution is 7.91. The molecule has 0 aliphatic heterocycles. The lowest BCUT2D eigenvalue weighted by molar-refractivity contribution is 0.290. The van der Waals surface area contributed by atoms with E-state index >= 15 is 0 Å². The Morgan fingerprint density at radius 3 is 2.69 bits per heavy atom. The van der Waals surface area contributed by atoms with E-state index in [0.29, 0.717) is 29.9 Å². The molecule has 0 unspecified atom stereocenters. The number of aromatic nitrogens is 3. The van der Waals surface area contributed by atoms with Gasteiger partial charge in [-0.3, -0.25) is 4.72 Å². The monoisotopic (exact) mass is 378 g/mol. The summed E-state index contributed by atoms with van der Waals surface area (Å²) in [5.74, 6) is -0.262. The standard InChI is InChI=1S/C16H18N4O5S/c1-3-23-15-12(9-17-16(18-15)24-4-2)20-26(21,22)10-13-11-7-5-6-8-14(11)25-19-13/h5-9,20H,3-4,10H2,1-2H3. The van der Waals surface area contributed by atoms with Crippen LogP contribution in [0.25, 0.3) is 11.0 Å². The van der Waals surface area contributed by atoms with Crippen molar-refractivity contribution in [2.45, 2.75) is 19.6 Å². The highest BCUT2D eigenvalue weighted by atomic mass is 32.2. The quantitative estimate of drug-likeness (QED) is 0.635. The van der Waals surface area contributed by atoms with Crippen LogP contribution in [0.3, 0.4) is 0 Å². The van der Waals surface area contributed by atoms with Gasteiger partial charge in [-0.25, -0.2) is 13.4 Å². The number of hydrogen-bond donors (Lipinski definition) is 1. The highest BCUT2D eigenvalue weighted by Gasteiger charge is 2.20. The van der Waals surface area contributed by atoms with Crippen LogP contribution in [-0.2, 0) is 15.8 Å². The van der Waals surface area contributed by atoms with Crippen molar-refractivity contribution >= 4 is 26.7 Å². The van der Waals surface area contributed by atoms with Gasteiger partial charge in [-0.2, -0.15) is 4.98 Å². The molecule has 0 bridgehead atoms. The molecule has 1 N–H and O–H groups in total. The zero-order valence-corrected chi connectivity index (χ0v) is 15.1. The number of ether oxygens (including phenoxy) is 2. The summed E-state index contributed by atoms with van der Waals surface area (Å²) in [6.07, 6.45) is 1.31. The molecule has 10 heteroatoms. The van der Waals surface area contributed by atoms with Crippen molar-refractivity contribution in [3.05, 3.63) is 36.2 Å². The lowest BCUT2D eigenvalue weighted by atomic mass is 10.2. The summed E-state index contributed by atoms with van der Waals surface area (Å²) >= 11 is 0. The first-order valence-electron chi connectivity index (χ1n) is 7.98. The molecule has 0 spiro atoms. The Balaban J connectivity index is 1.84. The molecule has 0 amide bonds. The molecule has 2 heterocycles. The number of para-hydroxylation sites is 1. The topological polar surface area (TPSA) is 116 Å². The third-order valence-corrected chi connectivity index (χ3v) is 4.51. The number of sulfonamides is 1. The van der Waals surface area contributed by atoms with Gasteiger partial charge in [0.05, 0.1) is 19.4 Å². The van der Waals surface area contributed by atoms with Crippen LogP contribution in [0.4, 0.5) is 5.69 Å². The van der Waals surface area contributed by atoms with Crippen LogP contribution < -0.4 is 14.2 Å². The summed E-state index contributed by atoms with van der Waals surface area (Å²) in [6, 6.07) is 7.16. The van der Waals surface area contributed by atoms with Crippen molar-refractivity contribution in [2.75, 3.05) is 17.9 Å². The smallest absolute Gasteiger partial charge is 0.319 e. The van der Waals surface area contributed by atoms with Gasteiger partial charge >= 0.3 is 6.01 Å². The number of benzene rings is 1. The molecule has 0 radical (unpaired) electrons. The zero-order valence-electron chi connectivity index (χ0n) is 14.3. The van der Waals surface area contributed by atoms with Crippen molar-refractivity contribution in [1.82, 2.24) is 15.1 Å². The lowest BCUT2D eigenvalue weighted by Gasteiger charge is -2.12. The van der Waals surface area contributed by atoms with Gasteiger partial charge in [0.15, 0.2) is 5.58 Å². The molecule has 0 atom stereocenters. The van der Waals surface area contributed by atoms with E-state index in [1.165, 1.54) is 6.20 Å². The fraction of sp³-hybridized carbons (Fsp3) is 0.312. The molecule has 3 rings (SSSR count). The van der Waals surface area contributed by atoms with E-state index in [2.05, 4.69) is 19.8 Å². The fourth-order valence-electron chi connectivity index (χ4n) is 2.29. The van der Waals surface area contributed by atoms with E-state index in [0.717, 1.165) is 0 Å². The molecule has 3 aromatic rings. The SMILES string of the molecule is CCOc1ncc(NS(=O)(=O)Cc2noc3ccccc23)c(OCC)n1. The normalized spacial score (nSPS) is 11.5. The van der Waals surface area contributed by atoms with Crippen molar-refractivity contribution in [3.63, 3.8) is 0 Å². The number of fused-ring (bicyclic) bond motifs is 1. The van der Waals surface area contributed by atoms with Crippen molar-refractivity contribution < 1.29 is 22.4 Å². The molecule has 0 aliphatic rings. The van der Waals surface area contributed by atoms with Gasteiger partial charge in [0.1, 0.15) is 17.1 Å². The molecular weight excluding hydrogens is 360 g/mol. The molecule has 9 nitrogen and oxygen atoms in total. The summed E-state index contributed by atoms with van der Waals surface area (Å²) in [4.78, 5) is 8.03. The number of rotatable bonds is 8. The second kappa shape index (κ2) is 7.56. The molecule has 2 aromatic heterocycles. The average Bonchev–Trinajstić information content (AvgIpc) is 3.00. The summed E-state index contributed by atoms with van der Waals surface area (Å²) in [5.41, 5.74) is 0.970. The molecule has 1 aromatic carbocycles. The van der Waals surface area contributed by atoms with E-state index in [9.17, 15) is 8.42 Å². The van der Waals surface area contributed by atoms with E-state index in [-0.39, 0.29) is 23.3 Å². The zero-order chi connectivity index (χ0) is 18.6. The predicted molar refractivity (Wildman–Crippen MR) is 94.6 cm³/mol. The Bertz CT molecular complexity index is 1000. The van der Waals surface area contributed by atoms with Crippen LogP contribution in [0, 0.1) is 0 Å². The van der Waals surface area contributed by atoms with Gasteiger partial charge in [0.2, 0.25) is 15.9 Å². The van der Waals surface area contributed by atoms with Crippen LogP contribution in [0.15, 0.2) is 35.0 Å². The van der Waals surface area contributed by atoms with Crippen LogP contribution in [0.5, 0.6) is 11.9 Å². The summed E-state index contributed by atoms with van der Waals surface area (Å²) < 4.78 is 43.2. The Labute approximate surface area is 150 Å². The summed E-state index contributed by atoms with van der Waals surface area (Å²) in [5, 5.41) is 4.49. The maximum atomic E-state index is 12.5. The van der Waals surface area contributed by atoms with Crippen molar-refractivity contribution in [3.8, 4) is 11.9 Å². The molecule has 26 heavy (non-hydrogen) atoms. The second-order valence-electron chi connectivity index (χ2n) is 5.22. The van der Waals surface area contributed by atoms with Gasteiger partial charge in [0, 0.05) is 5.39 Å². The first kappa shape index (κ1) is 17.9. The Morgan fingerprint density at radius 1 is 1.15 bits per heavy atom. The molecule has 0 fully saturated rings. The van der Waals surface area contributed by atoms with Crippen molar-refractivity contribution in [1.29, 1.82) is 0 Å². The maximum absolute atomic E-state index is 12.5. The van der Waals surface area contributed by atoms with Gasteiger partial charge < -0.3 is 14.0 Å². The third kappa shape index (κ3) is 4.02. The van der Waals surface area contributed by atoms with Crippen molar-refractivity contribution in [2.24, 2.45) is 0 Å². The Morgan fingerprint density at radius 2 is 1.92 bits per heavy atom. The average molecular weight is 378 g/mol. The second-order valence-corrected chi connectivity index (χ2v) is 6.95. The minimum atomic E-state index is -3.79. The fourth-order valence-corrected chi connectivity index (χ4v) is 3.41. The molecule has 138 valence electrons. The number of hydrogen-bond acceptors (Lipinski definition) is 8. The Hall–Kier alpha value is -2.88. The largest absolute Gasteiger partial charge is 0.476 e. The first-order valence-corrected chi connectivity index (χ1v) is 9.64.